The highest BCUT2D eigenvalue weighted by Crippen LogP contribution is 2.14. The van der Waals surface area contributed by atoms with Gasteiger partial charge in [-0.25, -0.2) is 0 Å². The summed E-state index contributed by atoms with van der Waals surface area (Å²) in [6.07, 6.45) is 0.959. The van der Waals surface area contributed by atoms with Crippen LogP contribution in [0.15, 0.2) is 91.0 Å². The lowest BCUT2D eigenvalue weighted by Gasteiger charge is -2.22. The molecule has 1 nitrogen and oxygen atoms in total. The van der Waals surface area contributed by atoms with Crippen molar-refractivity contribution in [2.45, 2.75) is 19.5 Å². The van der Waals surface area contributed by atoms with Crippen molar-refractivity contribution in [3.05, 3.63) is 114 Å². The van der Waals surface area contributed by atoms with Crippen LogP contribution in [0.5, 0.6) is 0 Å². The van der Waals surface area contributed by atoms with Gasteiger partial charge in [0, 0.05) is 19.6 Å². The van der Waals surface area contributed by atoms with E-state index in [1.54, 1.807) is 0 Å². The van der Waals surface area contributed by atoms with Crippen LogP contribution in [0.2, 0.25) is 0 Å². The Morgan fingerprint density at radius 3 is 1.35 bits per heavy atom. The Labute approximate surface area is 139 Å². The molecule has 1 heteroatoms. The zero-order chi connectivity index (χ0) is 15.7. The lowest BCUT2D eigenvalue weighted by molar-refractivity contribution is 0.313. The number of hydrogen-bond acceptors (Lipinski definition) is 1. The molecule has 0 heterocycles. The highest BCUT2D eigenvalue weighted by atomic mass is 15.1. The molecule has 0 fully saturated rings. The van der Waals surface area contributed by atoms with Gasteiger partial charge in [-0.15, -0.1) is 0 Å². The summed E-state index contributed by atoms with van der Waals surface area (Å²) in [4.78, 5) is 2.40. The summed E-state index contributed by atoms with van der Waals surface area (Å²) in [6.45, 7) is 4.18. The zero-order valence-electron chi connectivity index (χ0n) is 13.3. The predicted molar refractivity (Wildman–Crippen MR) is 96.6 cm³/mol. The molecule has 3 rings (SSSR count). The second kappa shape index (κ2) is 8.30. The minimum Gasteiger partial charge on any atom is -0.290 e. The zero-order valence-corrected chi connectivity index (χ0v) is 13.3. The van der Waals surface area contributed by atoms with Gasteiger partial charge in [0.1, 0.15) is 0 Å². The van der Waals surface area contributed by atoms with Crippen molar-refractivity contribution in [1.29, 1.82) is 0 Å². The summed E-state index contributed by atoms with van der Waals surface area (Å²) in [7, 11) is 0. The SMILES string of the molecule is [CH](Cc1ccccc1)N(Cc1ccccc1)Cc1ccccc1. The first-order valence-corrected chi connectivity index (χ1v) is 8.09. The third-order valence-corrected chi connectivity index (χ3v) is 3.88. The fourth-order valence-corrected chi connectivity index (χ4v) is 2.67. The van der Waals surface area contributed by atoms with E-state index < -0.39 is 0 Å². The summed E-state index contributed by atoms with van der Waals surface area (Å²) in [6, 6.07) is 31.9. The molecule has 0 amide bonds. The van der Waals surface area contributed by atoms with Crippen LogP contribution in [-0.4, -0.2) is 4.90 Å². The molecule has 0 atom stereocenters. The molecule has 1 radical (unpaired) electrons. The Balaban J connectivity index is 1.67. The molecule has 0 unspecified atom stereocenters. The Kier molecular flexibility index (Phi) is 5.60. The molecule has 3 aromatic rings. The molecule has 23 heavy (non-hydrogen) atoms. The minimum atomic E-state index is 0.933. The summed E-state index contributed by atoms with van der Waals surface area (Å²) >= 11 is 0. The monoisotopic (exact) mass is 300 g/mol. The minimum absolute atomic E-state index is 0.933. The molecular formula is C22H22N. The van der Waals surface area contributed by atoms with E-state index in [0.29, 0.717) is 0 Å². The fourth-order valence-electron chi connectivity index (χ4n) is 2.67. The van der Waals surface area contributed by atoms with Gasteiger partial charge in [-0.05, 0) is 23.1 Å². The largest absolute Gasteiger partial charge is 0.290 e. The van der Waals surface area contributed by atoms with Gasteiger partial charge in [-0.3, -0.25) is 4.90 Å². The van der Waals surface area contributed by atoms with E-state index in [-0.39, 0.29) is 0 Å². The first-order valence-electron chi connectivity index (χ1n) is 8.09. The van der Waals surface area contributed by atoms with Crippen LogP contribution in [-0.2, 0) is 19.5 Å². The van der Waals surface area contributed by atoms with Gasteiger partial charge in [0.2, 0.25) is 0 Å². The molecule has 0 aromatic heterocycles. The highest BCUT2D eigenvalue weighted by molar-refractivity contribution is 5.19. The summed E-state index contributed by atoms with van der Waals surface area (Å²) in [5.41, 5.74) is 4.03. The second-order valence-corrected chi connectivity index (χ2v) is 5.75. The molecule has 0 aliphatic rings. The van der Waals surface area contributed by atoms with Gasteiger partial charge in [-0.1, -0.05) is 91.0 Å². The predicted octanol–water partition coefficient (Wildman–Crippen LogP) is 5.09. The van der Waals surface area contributed by atoms with Gasteiger partial charge in [0.25, 0.3) is 0 Å². The first kappa shape index (κ1) is 15.5. The van der Waals surface area contributed by atoms with Gasteiger partial charge in [-0.2, -0.15) is 0 Å². The van der Waals surface area contributed by atoms with Crippen molar-refractivity contribution in [3.63, 3.8) is 0 Å². The number of nitrogens with zero attached hydrogens (tertiary/aromatic N) is 1. The summed E-state index contributed by atoms with van der Waals surface area (Å²) < 4.78 is 0. The molecule has 3 aromatic carbocycles. The molecule has 0 aliphatic carbocycles. The van der Waals surface area contributed by atoms with Crippen molar-refractivity contribution >= 4 is 0 Å². The van der Waals surface area contributed by atoms with Crippen LogP contribution in [0.4, 0.5) is 0 Å². The van der Waals surface area contributed by atoms with Crippen LogP contribution in [0, 0.1) is 6.54 Å². The smallest absolute Gasteiger partial charge is 0.0302 e. The average molecular weight is 300 g/mol. The number of benzene rings is 3. The van der Waals surface area contributed by atoms with Crippen molar-refractivity contribution < 1.29 is 0 Å². The standard InChI is InChI=1S/C22H22N/c1-4-10-20(11-5-1)16-17-23(18-21-12-6-2-7-13-21)19-22-14-8-3-9-15-22/h1-15,17H,16,18-19H2. The van der Waals surface area contributed by atoms with Crippen LogP contribution in [0.25, 0.3) is 0 Å². The average Bonchev–Trinajstić information content (AvgIpc) is 2.62. The van der Waals surface area contributed by atoms with Crippen molar-refractivity contribution in [1.82, 2.24) is 4.90 Å². The van der Waals surface area contributed by atoms with Crippen molar-refractivity contribution in [3.8, 4) is 0 Å². The van der Waals surface area contributed by atoms with Gasteiger partial charge in [0.05, 0.1) is 0 Å². The van der Waals surface area contributed by atoms with Crippen molar-refractivity contribution in [2.24, 2.45) is 0 Å². The third-order valence-electron chi connectivity index (χ3n) is 3.88. The quantitative estimate of drug-likeness (QED) is 0.587. The van der Waals surface area contributed by atoms with E-state index in [4.69, 9.17) is 0 Å². The van der Waals surface area contributed by atoms with Crippen LogP contribution < -0.4 is 0 Å². The fraction of sp³-hybridized carbons (Fsp3) is 0.136. The maximum atomic E-state index is 2.40. The van der Waals surface area contributed by atoms with E-state index in [1.807, 2.05) is 0 Å². The first-order chi connectivity index (χ1) is 11.4. The van der Waals surface area contributed by atoms with Gasteiger partial charge < -0.3 is 0 Å². The summed E-state index contributed by atoms with van der Waals surface area (Å²) in [5, 5.41) is 0. The van der Waals surface area contributed by atoms with Gasteiger partial charge in [0.15, 0.2) is 0 Å². The van der Waals surface area contributed by atoms with Crippen LogP contribution in [0.3, 0.4) is 0 Å². The Bertz CT molecular complexity index is 635. The van der Waals surface area contributed by atoms with E-state index >= 15 is 0 Å². The highest BCUT2D eigenvalue weighted by Gasteiger charge is 2.08. The van der Waals surface area contributed by atoms with Crippen molar-refractivity contribution in [2.75, 3.05) is 0 Å². The van der Waals surface area contributed by atoms with E-state index in [0.717, 1.165) is 19.5 Å². The third kappa shape index (κ3) is 5.08. The van der Waals surface area contributed by atoms with Gasteiger partial charge >= 0.3 is 0 Å². The lowest BCUT2D eigenvalue weighted by Crippen LogP contribution is -2.21. The van der Waals surface area contributed by atoms with E-state index in [1.165, 1.54) is 16.7 Å². The van der Waals surface area contributed by atoms with E-state index in [9.17, 15) is 0 Å². The lowest BCUT2D eigenvalue weighted by atomic mass is 10.1. The molecule has 0 saturated heterocycles. The molecule has 0 spiro atoms. The normalized spacial score (nSPS) is 10.8. The van der Waals surface area contributed by atoms with Crippen LogP contribution in [0.1, 0.15) is 16.7 Å². The molecule has 115 valence electrons. The molecular weight excluding hydrogens is 278 g/mol. The second-order valence-electron chi connectivity index (χ2n) is 5.75. The maximum absolute atomic E-state index is 2.40. The maximum Gasteiger partial charge on any atom is 0.0302 e. The molecule has 0 N–H and O–H groups in total. The Morgan fingerprint density at radius 2 is 0.913 bits per heavy atom. The number of hydrogen-bond donors (Lipinski definition) is 0. The summed E-state index contributed by atoms with van der Waals surface area (Å²) in [5.74, 6) is 0. The molecule has 0 saturated carbocycles. The van der Waals surface area contributed by atoms with Crippen LogP contribution >= 0.6 is 0 Å². The molecule has 0 bridgehead atoms. The topological polar surface area (TPSA) is 3.24 Å². The Hall–Kier alpha value is -2.38. The molecule has 0 aliphatic heterocycles. The van der Waals surface area contributed by atoms with E-state index in [2.05, 4.69) is 102 Å². The number of rotatable bonds is 7. The Morgan fingerprint density at radius 1 is 0.522 bits per heavy atom.